The Morgan fingerprint density at radius 1 is 0.970 bits per heavy atom. The first-order chi connectivity index (χ1) is 16.1. The number of pyridine rings is 1. The summed E-state index contributed by atoms with van der Waals surface area (Å²) in [6.45, 7) is 4.83. The molecule has 2 aliphatic heterocycles. The van der Waals surface area contributed by atoms with Crippen LogP contribution < -0.4 is 5.32 Å². The van der Waals surface area contributed by atoms with Gasteiger partial charge in [-0.3, -0.25) is 9.59 Å². The van der Waals surface area contributed by atoms with Gasteiger partial charge < -0.3 is 14.8 Å². The Labute approximate surface area is 194 Å². The minimum Gasteiger partial charge on any atom is -0.348 e. The van der Waals surface area contributed by atoms with Crippen LogP contribution in [-0.4, -0.2) is 44.3 Å². The summed E-state index contributed by atoms with van der Waals surface area (Å²) < 4.78 is 2.18. The fraction of sp³-hybridized carbons (Fsp3) is 0.462. The molecule has 0 aliphatic carbocycles. The lowest BCUT2D eigenvalue weighted by molar-refractivity contribution is 0.0724. The molecule has 2 aromatic heterocycles. The number of aromatic nitrogens is 3. The normalized spacial score (nSPS) is 16.3. The van der Waals surface area contributed by atoms with Crippen molar-refractivity contribution in [3.05, 3.63) is 58.5 Å². The number of benzene rings is 1. The predicted molar refractivity (Wildman–Crippen MR) is 127 cm³/mol. The zero-order chi connectivity index (χ0) is 22.8. The Kier molecular flexibility index (Phi) is 6.11. The van der Waals surface area contributed by atoms with E-state index in [4.69, 9.17) is 9.97 Å². The van der Waals surface area contributed by atoms with Crippen LogP contribution in [0.15, 0.2) is 30.3 Å². The van der Waals surface area contributed by atoms with Gasteiger partial charge in [0.15, 0.2) is 5.65 Å². The molecule has 0 atom stereocenters. The van der Waals surface area contributed by atoms with E-state index in [0.717, 1.165) is 74.5 Å². The van der Waals surface area contributed by atoms with Gasteiger partial charge >= 0.3 is 0 Å². The second-order valence-electron chi connectivity index (χ2n) is 9.21. The number of rotatable bonds is 4. The van der Waals surface area contributed by atoms with E-state index in [-0.39, 0.29) is 11.8 Å². The van der Waals surface area contributed by atoms with Crippen molar-refractivity contribution in [2.24, 2.45) is 0 Å². The number of amides is 2. The molecule has 0 spiro atoms. The van der Waals surface area contributed by atoms with Crippen LogP contribution in [0, 0.1) is 6.92 Å². The van der Waals surface area contributed by atoms with Crippen molar-refractivity contribution >= 4 is 23.0 Å². The third-order valence-corrected chi connectivity index (χ3v) is 6.71. The van der Waals surface area contributed by atoms with Crippen LogP contribution in [0.4, 0.5) is 0 Å². The van der Waals surface area contributed by atoms with E-state index < -0.39 is 0 Å². The van der Waals surface area contributed by atoms with E-state index in [0.29, 0.717) is 23.2 Å². The molecule has 5 rings (SSSR count). The molecule has 2 aliphatic rings. The minimum absolute atomic E-state index is 0.0776. The molecule has 1 aromatic carbocycles. The molecule has 1 N–H and O–H groups in total. The molecular weight excluding hydrogens is 414 g/mol. The fourth-order valence-corrected chi connectivity index (χ4v) is 4.96. The second-order valence-corrected chi connectivity index (χ2v) is 9.21. The summed E-state index contributed by atoms with van der Waals surface area (Å²) in [4.78, 5) is 37.5. The molecule has 0 unspecified atom stereocenters. The molecule has 7 nitrogen and oxygen atoms in total. The van der Waals surface area contributed by atoms with Gasteiger partial charge in [-0.15, -0.1) is 0 Å². The molecular formula is C26H31N5O2. The highest BCUT2D eigenvalue weighted by Gasteiger charge is 2.21. The van der Waals surface area contributed by atoms with Crippen LogP contribution in [0.5, 0.6) is 0 Å². The first-order valence-corrected chi connectivity index (χ1v) is 12.1. The lowest BCUT2D eigenvalue weighted by Crippen LogP contribution is -2.35. The van der Waals surface area contributed by atoms with Gasteiger partial charge in [0.2, 0.25) is 0 Å². The highest BCUT2D eigenvalue weighted by molar-refractivity contribution is 6.04. The van der Waals surface area contributed by atoms with Gasteiger partial charge in [-0.1, -0.05) is 18.6 Å². The smallest absolute Gasteiger partial charge is 0.253 e. The Hall–Kier alpha value is -3.22. The number of piperidine rings is 1. The summed E-state index contributed by atoms with van der Waals surface area (Å²) in [6, 6.07) is 9.40. The first-order valence-electron chi connectivity index (χ1n) is 12.1. The van der Waals surface area contributed by atoms with Gasteiger partial charge in [0.05, 0.1) is 5.56 Å². The number of carbonyl (C=O) groups is 2. The van der Waals surface area contributed by atoms with Crippen LogP contribution in [0.3, 0.4) is 0 Å². The summed E-state index contributed by atoms with van der Waals surface area (Å²) in [6.07, 6.45) is 7.69. The van der Waals surface area contributed by atoms with Crippen molar-refractivity contribution < 1.29 is 9.59 Å². The molecule has 172 valence electrons. The van der Waals surface area contributed by atoms with Crippen LogP contribution in [0.25, 0.3) is 11.2 Å². The van der Waals surface area contributed by atoms with Crippen LogP contribution in [-0.2, 0) is 19.5 Å². The lowest BCUT2D eigenvalue weighted by atomic mass is 10.1. The number of carbonyl (C=O) groups excluding carboxylic acids is 2. The predicted octanol–water partition coefficient (Wildman–Crippen LogP) is 4.02. The third-order valence-electron chi connectivity index (χ3n) is 6.71. The van der Waals surface area contributed by atoms with Crippen LogP contribution >= 0.6 is 0 Å². The maximum atomic E-state index is 13.2. The molecule has 2 amide bonds. The Bertz CT molecular complexity index is 1190. The van der Waals surface area contributed by atoms with Crippen molar-refractivity contribution in [3.63, 3.8) is 0 Å². The molecule has 7 heteroatoms. The van der Waals surface area contributed by atoms with Crippen LogP contribution in [0.2, 0.25) is 0 Å². The van der Waals surface area contributed by atoms with Gasteiger partial charge in [0, 0.05) is 43.9 Å². The van der Waals surface area contributed by atoms with E-state index >= 15 is 0 Å². The second kappa shape index (κ2) is 9.33. The third kappa shape index (κ3) is 4.49. The number of likely N-dealkylation sites (tertiary alicyclic amines) is 1. The first kappa shape index (κ1) is 21.6. The topological polar surface area (TPSA) is 80.1 Å². The molecule has 0 saturated carbocycles. The molecule has 4 heterocycles. The van der Waals surface area contributed by atoms with E-state index in [1.807, 2.05) is 42.2 Å². The monoisotopic (exact) mass is 445 g/mol. The number of hydrogen-bond acceptors (Lipinski definition) is 4. The van der Waals surface area contributed by atoms with Gasteiger partial charge in [-0.2, -0.15) is 0 Å². The summed E-state index contributed by atoms with van der Waals surface area (Å²) >= 11 is 0. The molecule has 1 fully saturated rings. The van der Waals surface area contributed by atoms with E-state index in [1.165, 1.54) is 12.8 Å². The van der Waals surface area contributed by atoms with Crippen molar-refractivity contribution in [3.8, 4) is 0 Å². The van der Waals surface area contributed by atoms with Gasteiger partial charge in [0.1, 0.15) is 11.3 Å². The van der Waals surface area contributed by atoms with Crippen molar-refractivity contribution in [1.82, 2.24) is 24.8 Å². The largest absolute Gasteiger partial charge is 0.348 e. The lowest BCUT2D eigenvalue weighted by Gasteiger charge is -2.26. The number of nitrogens with zero attached hydrogens (tertiary/aromatic N) is 4. The molecule has 0 bridgehead atoms. The number of hydrogen-bond donors (Lipinski definition) is 1. The summed E-state index contributed by atoms with van der Waals surface area (Å²) in [5, 5.41) is 3.03. The number of aryl methyl sites for hydroxylation is 3. The summed E-state index contributed by atoms with van der Waals surface area (Å²) in [7, 11) is 0. The van der Waals surface area contributed by atoms with Crippen molar-refractivity contribution in [2.75, 3.05) is 13.1 Å². The average Bonchev–Trinajstić information content (AvgIpc) is 3.02. The molecule has 0 radical (unpaired) electrons. The summed E-state index contributed by atoms with van der Waals surface area (Å²) in [5.41, 5.74) is 4.47. The Morgan fingerprint density at radius 3 is 2.61 bits per heavy atom. The minimum atomic E-state index is -0.161. The molecule has 33 heavy (non-hydrogen) atoms. The number of fused-ring (bicyclic) bond motifs is 3. The van der Waals surface area contributed by atoms with E-state index in [1.54, 1.807) is 0 Å². The number of imidazole rings is 1. The van der Waals surface area contributed by atoms with Crippen molar-refractivity contribution in [2.45, 2.75) is 65.0 Å². The van der Waals surface area contributed by atoms with Crippen molar-refractivity contribution in [1.29, 1.82) is 0 Å². The molecule has 3 aromatic rings. The quantitative estimate of drug-likeness (QED) is 0.658. The fourth-order valence-electron chi connectivity index (χ4n) is 4.96. The Morgan fingerprint density at radius 2 is 1.76 bits per heavy atom. The highest BCUT2D eigenvalue weighted by atomic mass is 16.2. The number of nitrogens with one attached hydrogen (secondary N) is 1. The average molecular weight is 446 g/mol. The van der Waals surface area contributed by atoms with Gasteiger partial charge in [0.25, 0.3) is 11.8 Å². The van der Waals surface area contributed by atoms with E-state index in [9.17, 15) is 9.59 Å². The van der Waals surface area contributed by atoms with Crippen LogP contribution in [0.1, 0.15) is 76.3 Å². The van der Waals surface area contributed by atoms with Gasteiger partial charge in [-0.05, 0) is 62.8 Å². The zero-order valence-corrected chi connectivity index (χ0v) is 19.3. The molecule has 1 saturated heterocycles. The summed E-state index contributed by atoms with van der Waals surface area (Å²) in [5.74, 6) is 0.943. The zero-order valence-electron chi connectivity index (χ0n) is 19.3. The van der Waals surface area contributed by atoms with E-state index in [2.05, 4.69) is 9.88 Å². The highest BCUT2D eigenvalue weighted by Crippen LogP contribution is 2.24. The Balaban J connectivity index is 1.34. The standard InChI is InChI=1S/C26H31N5O2/c1-18-15-21(23-24(28-18)31-14-7-2-4-11-22(31)29-23)25(32)27-17-19-9-8-10-20(16-19)26(33)30-12-5-3-6-13-30/h8-10,15-16H,2-7,11-14,17H2,1H3,(H,27,32). The SMILES string of the molecule is Cc1cc(C(=O)NCc2cccc(C(=O)N3CCCCC3)c2)c2nc3n(c2n1)CCCCC3. The maximum Gasteiger partial charge on any atom is 0.253 e. The maximum absolute atomic E-state index is 13.2. The van der Waals surface area contributed by atoms with Gasteiger partial charge in [-0.25, -0.2) is 9.97 Å².